The van der Waals surface area contributed by atoms with Gasteiger partial charge in [-0.05, 0) is 43.7 Å². The fourth-order valence-electron chi connectivity index (χ4n) is 3.60. The average molecular weight is 378 g/mol. The van der Waals surface area contributed by atoms with Crippen LogP contribution < -0.4 is 14.4 Å². The normalized spacial score (nSPS) is 16.1. The maximum absolute atomic E-state index is 13.4. The molecule has 3 heterocycles. The van der Waals surface area contributed by atoms with E-state index in [0.29, 0.717) is 23.7 Å². The van der Waals surface area contributed by atoms with Crippen LogP contribution in [0.1, 0.15) is 29.1 Å². The molecule has 0 radical (unpaired) electrons. The van der Waals surface area contributed by atoms with E-state index in [1.54, 1.807) is 31.5 Å². The van der Waals surface area contributed by atoms with Crippen molar-refractivity contribution in [3.8, 4) is 22.6 Å². The summed E-state index contributed by atoms with van der Waals surface area (Å²) in [6.45, 7) is 4.51. The highest BCUT2D eigenvalue weighted by molar-refractivity contribution is 6.10. The van der Waals surface area contributed by atoms with Gasteiger partial charge in [0.15, 0.2) is 11.5 Å². The number of ether oxygens (including phenoxy) is 2. The molecule has 7 nitrogen and oxygen atoms in total. The van der Waals surface area contributed by atoms with Crippen molar-refractivity contribution in [2.75, 3.05) is 25.7 Å². The summed E-state index contributed by atoms with van der Waals surface area (Å²) >= 11 is 0. The number of carbonyl (C=O) groups excluding carboxylic acids is 1. The van der Waals surface area contributed by atoms with E-state index in [-0.39, 0.29) is 11.9 Å². The van der Waals surface area contributed by atoms with Crippen LogP contribution in [0.5, 0.6) is 11.5 Å². The summed E-state index contributed by atoms with van der Waals surface area (Å²) in [6, 6.07) is 9.41. The van der Waals surface area contributed by atoms with E-state index in [9.17, 15) is 4.79 Å². The first kappa shape index (κ1) is 18.0. The first-order valence-corrected chi connectivity index (χ1v) is 9.08. The molecule has 3 aromatic rings. The minimum absolute atomic E-state index is 0.0393. The van der Waals surface area contributed by atoms with Gasteiger partial charge in [0.05, 0.1) is 26.5 Å². The van der Waals surface area contributed by atoms with Gasteiger partial charge in [-0.15, -0.1) is 0 Å². The molecule has 28 heavy (non-hydrogen) atoms. The Morgan fingerprint density at radius 1 is 1.11 bits per heavy atom. The summed E-state index contributed by atoms with van der Waals surface area (Å²) in [4.78, 5) is 19.4. The molecule has 0 fully saturated rings. The second-order valence-electron chi connectivity index (χ2n) is 6.84. The van der Waals surface area contributed by atoms with Crippen LogP contribution in [-0.2, 0) is 0 Å². The van der Waals surface area contributed by atoms with E-state index in [2.05, 4.69) is 17.0 Å². The Morgan fingerprint density at radius 2 is 1.89 bits per heavy atom. The lowest BCUT2D eigenvalue weighted by molar-refractivity contribution is 0.0954. The smallest absolute Gasteiger partial charge is 0.277 e. The molecule has 0 N–H and O–H groups in total. The van der Waals surface area contributed by atoms with Crippen LogP contribution in [0, 0.1) is 6.92 Å². The van der Waals surface area contributed by atoms with Crippen molar-refractivity contribution < 1.29 is 14.3 Å². The molecular weight excluding hydrogens is 356 g/mol. The molecule has 2 aromatic heterocycles. The third-order valence-electron chi connectivity index (χ3n) is 4.99. The molecule has 0 saturated carbocycles. The van der Waals surface area contributed by atoms with Gasteiger partial charge in [-0.1, -0.05) is 0 Å². The van der Waals surface area contributed by atoms with Crippen LogP contribution in [0.25, 0.3) is 11.1 Å². The molecule has 1 aromatic carbocycles. The highest BCUT2D eigenvalue weighted by Gasteiger charge is 2.34. The van der Waals surface area contributed by atoms with Crippen LogP contribution in [-0.4, -0.2) is 41.4 Å². The van der Waals surface area contributed by atoms with Gasteiger partial charge in [0, 0.05) is 35.8 Å². The fourth-order valence-corrected chi connectivity index (χ4v) is 3.60. The number of pyridine rings is 1. The van der Waals surface area contributed by atoms with Crippen LogP contribution in [0.3, 0.4) is 0 Å². The second-order valence-corrected chi connectivity index (χ2v) is 6.84. The van der Waals surface area contributed by atoms with Crippen molar-refractivity contribution in [1.29, 1.82) is 0 Å². The molecule has 0 saturated heterocycles. The number of hydrogen-bond donors (Lipinski definition) is 0. The largest absolute Gasteiger partial charge is 0.493 e. The van der Waals surface area contributed by atoms with Gasteiger partial charge >= 0.3 is 0 Å². The highest BCUT2D eigenvalue weighted by Crippen LogP contribution is 2.36. The van der Waals surface area contributed by atoms with Crippen molar-refractivity contribution in [1.82, 2.24) is 14.8 Å². The van der Waals surface area contributed by atoms with Gasteiger partial charge in [0.25, 0.3) is 5.91 Å². The van der Waals surface area contributed by atoms with Gasteiger partial charge in [-0.3, -0.25) is 14.5 Å². The third kappa shape index (κ3) is 2.89. The molecule has 4 rings (SSSR count). The number of fused-ring (bicyclic) bond motifs is 1. The van der Waals surface area contributed by atoms with Crippen molar-refractivity contribution in [3.63, 3.8) is 0 Å². The lowest BCUT2D eigenvalue weighted by atomic mass is 10.0. The molecule has 7 heteroatoms. The van der Waals surface area contributed by atoms with E-state index in [1.165, 1.54) is 0 Å². The summed E-state index contributed by atoms with van der Waals surface area (Å²) in [7, 11) is 3.18. The van der Waals surface area contributed by atoms with E-state index >= 15 is 0 Å². The monoisotopic (exact) mass is 378 g/mol. The van der Waals surface area contributed by atoms with E-state index in [1.807, 2.05) is 41.9 Å². The number of carbonyl (C=O) groups is 1. The SMILES string of the molecule is COc1ccc(N2C[C@H](C)n3ncc(-c4ccnc(C)c4)c3C2=O)cc1OC. The molecule has 0 bridgehead atoms. The first-order chi connectivity index (χ1) is 13.5. The Morgan fingerprint density at radius 3 is 2.61 bits per heavy atom. The zero-order valence-electron chi connectivity index (χ0n) is 16.3. The van der Waals surface area contributed by atoms with Crippen molar-refractivity contribution in [2.24, 2.45) is 0 Å². The van der Waals surface area contributed by atoms with E-state index in [0.717, 1.165) is 22.5 Å². The predicted octanol–water partition coefficient (Wildman–Crippen LogP) is 3.49. The Bertz CT molecular complexity index is 1040. The number of rotatable bonds is 4. The van der Waals surface area contributed by atoms with Gasteiger partial charge in [0.1, 0.15) is 5.69 Å². The summed E-state index contributed by atoms with van der Waals surface area (Å²) in [5.41, 5.74) is 3.99. The molecule has 1 aliphatic rings. The Balaban J connectivity index is 1.79. The van der Waals surface area contributed by atoms with Crippen LogP contribution in [0.2, 0.25) is 0 Å². The standard InChI is InChI=1S/C21H22N4O3/c1-13-9-15(7-8-22-13)17-11-23-25-14(2)12-24(21(26)20(17)25)16-5-6-18(27-3)19(10-16)28-4/h5-11,14H,12H2,1-4H3/t14-/m0/s1. The van der Waals surface area contributed by atoms with E-state index in [4.69, 9.17) is 9.47 Å². The fraction of sp³-hybridized carbons (Fsp3) is 0.286. The third-order valence-corrected chi connectivity index (χ3v) is 4.99. The summed E-state index contributed by atoms with van der Waals surface area (Å²) in [5.74, 6) is 1.12. The lowest BCUT2D eigenvalue weighted by Crippen LogP contribution is -2.42. The van der Waals surface area contributed by atoms with Crippen molar-refractivity contribution in [3.05, 3.63) is 54.1 Å². The van der Waals surface area contributed by atoms with Gasteiger partial charge in [-0.2, -0.15) is 5.10 Å². The maximum atomic E-state index is 13.4. The van der Waals surface area contributed by atoms with Gasteiger partial charge in [0.2, 0.25) is 0 Å². The molecular formula is C21H22N4O3. The summed E-state index contributed by atoms with van der Waals surface area (Å²) in [6.07, 6.45) is 3.51. The molecule has 144 valence electrons. The zero-order valence-corrected chi connectivity index (χ0v) is 16.3. The average Bonchev–Trinajstić information content (AvgIpc) is 3.16. The number of aromatic nitrogens is 3. The number of anilines is 1. The van der Waals surface area contributed by atoms with Crippen LogP contribution in [0.15, 0.2) is 42.7 Å². The van der Waals surface area contributed by atoms with Gasteiger partial charge < -0.3 is 14.4 Å². The summed E-state index contributed by atoms with van der Waals surface area (Å²) in [5, 5.41) is 4.49. The Kier molecular flexibility index (Phi) is 4.50. The second kappa shape index (κ2) is 6.99. The van der Waals surface area contributed by atoms with Crippen molar-refractivity contribution >= 4 is 11.6 Å². The molecule has 1 amide bonds. The minimum Gasteiger partial charge on any atom is -0.493 e. The number of hydrogen-bond acceptors (Lipinski definition) is 5. The zero-order chi connectivity index (χ0) is 19.8. The lowest BCUT2D eigenvalue weighted by Gasteiger charge is -2.32. The topological polar surface area (TPSA) is 69.5 Å². The molecule has 0 unspecified atom stereocenters. The van der Waals surface area contributed by atoms with Crippen LogP contribution in [0.4, 0.5) is 5.69 Å². The number of nitrogens with zero attached hydrogens (tertiary/aromatic N) is 4. The van der Waals surface area contributed by atoms with Crippen molar-refractivity contribution in [2.45, 2.75) is 19.9 Å². The number of amides is 1. The highest BCUT2D eigenvalue weighted by atomic mass is 16.5. The number of benzene rings is 1. The molecule has 1 atom stereocenters. The first-order valence-electron chi connectivity index (χ1n) is 9.08. The quantitative estimate of drug-likeness (QED) is 0.695. The maximum Gasteiger partial charge on any atom is 0.277 e. The van der Waals surface area contributed by atoms with Gasteiger partial charge in [-0.25, -0.2) is 0 Å². The Labute approximate surface area is 163 Å². The predicted molar refractivity (Wildman–Crippen MR) is 106 cm³/mol. The number of aryl methyl sites for hydroxylation is 1. The minimum atomic E-state index is -0.0905. The molecule has 0 spiro atoms. The molecule has 0 aliphatic carbocycles. The molecule has 1 aliphatic heterocycles. The number of methoxy groups -OCH3 is 2. The Hall–Kier alpha value is -3.35. The summed E-state index contributed by atoms with van der Waals surface area (Å²) < 4.78 is 12.5. The van der Waals surface area contributed by atoms with E-state index < -0.39 is 0 Å². The van der Waals surface area contributed by atoms with Crippen LogP contribution >= 0.6 is 0 Å².